The van der Waals surface area contributed by atoms with Crippen LogP contribution in [0.2, 0.25) is 0 Å². The summed E-state index contributed by atoms with van der Waals surface area (Å²) in [4.78, 5) is 25.6. The fourth-order valence-electron chi connectivity index (χ4n) is 2.90. The molecule has 0 saturated carbocycles. The number of aliphatic carboxylic acids is 1. The van der Waals surface area contributed by atoms with Gasteiger partial charge in [-0.1, -0.05) is 6.92 Å². The predicted molar refractivity (Wildman–Crippen MR) is 81.7 cm³/mol. The van der Waals surface area contributed by atoms with Crippen LogP contribution in [0.3, 0.4) is 0 Å². The lowest BCUT2D eigenvalue weighted by Gasteiger charge is -2.48. The van der Waals surface area contributed by atoms with Crippen LogP contribution in [0, 0.1) is 0 Å². The number of fused-ring (bicyclic) bond motifs is 3. The number of hydrogen-bond donors (Lipinski definition) is 3. The highest BCUT2D eigenvalue weighted by atomic mass is 16.4. The summed E-state index contributed by atoms with van der Waals surface area (Å²) in [5, 5.41) is 30.5. The van der Waals surface area contributed by atoms with Crippen LogP contribution < -0.4 is 0 Å². The third-order valence-electron chi connectivity index (χ3n) is 4.32. The zero-order valence-electron chi connectivity index (χ0n) is 13.1. The zero-order chi connectivity index (χ0) is 17.0. The van der Waals surface area contributed by atoms with E-state index in [0.717, 1.165) is 6.42 Å². The first-order valence-electron chi connectivity index (χ1n) is 7.36. The third-order valence-corrected chi connectivity index (χ3v) is 4.32. The van der Waals surface area contributed by atoms with Crippen molar-refractivity contribution in [2.45, 2.75) is 51.1 Å². The molecule has 2 aliphatic heterocycles. The van der Waals surface area contributed by atoms with Crippen LogP contribution in [0.4, 0.5) is 5.82 Å². The number of aromatic nitrogens is 2. The fraction of sp³-hybridized carbons (Fsp3) is 0.571. The molecule has 0 unspecified atom stereocenters. The molecular formula is C14H19N5O4. The Balaban J connectivity index is 2.20. The van der Waals surface area contributed by atoms with E-state index >= 15 is 0 Å². The maximum absolute atomic E-state index is 11.6. The summed E-state index contributed by atoms with van der Waals surface area (Å²) >= 11 is 0. The van der Waals surface area contributed by atoms with Gasteiger partial charge in [-0.3, -0.25) is 4.90 Å². The number of amidine groups is 1. The van der Waals surface area contributed by atoms with Gasteiger partial charge in [0.2, 0.25) is 0 Å². The van der Waals surface area contributed by atoms with Crippen molar-refractivity contribution in [2.75, 3.05) is 0 Å². The van der Waals surface area contributed by atoms with Gasteiger partial charge in [0.1, 0.15) is 12.4 Å². The van der Waals surface area contributed by atoms with Gasteiger partial charge in [0.05, 0.1) is 6.33 Å². The van der Waals surface area contributed by atoms with Gasteiger partial charge < -0.3 is 19.9 Å². The normalized spacial score (nSPS) is 32.3. The van der Waals surface area contributed by atoms with Crippen molar-refractivity contribution < 1.29 is 20.1 Å². The molecule has 3 N–H and O–H groups in total. The second-order valence-electron chi connectivity index (χ2n) is 6.11. The number of aliphatic hydroxyl groups excluding tert-OH is 1. The Morgan fingerprint density at radius 3 is 2.74 bits per heavy atom. The van der Waals surface area contributed by atoms with E-state index in [9.17, 15) is 20.1 Å². The van der Waals surface area contributed by atoms with Gasteiger partial charge in [-0.2, -0.15) is 0 Å². The van der Waals surface area contributed by atoms with Crippen molar-refractivity contribution >= 4 is 24.0 Å². The Bertz CT molecular complexity index is 723. The number of carboxylic acid groups (broad SMARTS) is 1. The molecule has 9 nitrogen and oxygen atoms in total. The minimum absolute atomic E-state index is 0.185. The SMILES string of the molecule is CCCn1cnc2c1N=CN1C2=N[C@](C)(C(=O)O)[C@@H](O)[C@]1(C)O. The van der Waals surface area contributed by atoms with Gasteiger partial charge in [0.15, 0.2) is 28.6 Å². The molecular weight excluding hydrogens is 302 g/mol. The standard InChI is InChI=1S/C14H19N5O4/c1-4-5-18-6-15-8-9(18)16-7-19-10(8)17-13(2,12(21)22)11(20)14(19,3)23/h6-7,11,20,23H,4-5H2,1-3H3,(H,21,22)/t11-,13+,14+/m1/s1. The smallest absolute Gasteiger partial charge is 0.334 e. The molecule has 9 heteroatoms. The van der Waals surface area contributed by atoms with E-state index < -0.39 is 23.3 Å². The summed E-state index contributed by atoms with van der Waals surface area (Å²) in [6.07, 6.45) is 2.20. The summed E-state index contributed by atoms with van der Waals surface area (Å²) in [6, 6.07) is 0. The molecule has 0 spiro atoms. The summed E-state index contributed by atoms with van der Waals surface area (Å²) in [5.41, 5.74) is -3.37. The molecule has 1 aromatic heterocycles. The molecule has 1 aromatic rings. The van der Waals surface area contributed by atoms with Crippen LogP contribution in [0.1, 0.15) is 32.9 Å². The quantitative estimate of drug-likeness (QED) is 0.716. The third kappa shape index (κ3) is 2.00. The van der Waals surface area contributed by atoms with E-state index in [2.05, 4.69) is 15.0 Å². The molecule has 0 aromatic carbocycles. The van der Waals surface area contributed by atoms with Crippen LogP contribution in [-0.2, 0) is 11.3 Å². The Morgan fingerprint density at radius 2 is 2.13 bits per heavy atom. The van der Waals surface area contributed by atoms with E-state index in [1.54, 1.807) is 6.33 Å². The van der Waals surface area contributed by atoms with Crippen molar-refractivity contribution in [1.82, 2.24) is 14.5 Å². The number of hydrogen-bond acceptors (Lipinski definition) is 7. The summed E-state index contributed by atoms with van der Waals surface area (Å²) < 4.78 is 1.84. The number of imidazole rings is 1. The summed E-state index contributed by atoms with van der Waals surface area (Å²) in [7, 11) is 0. The molecule has 0 fully saturated rings. The fourth-order valence-corrected chi connectivity index (χ4v) is 2.90. The van der Waals surface area contributed by atoms with Crippen molar-refractivity contribution in [1.29, 1.82) is 0 Å². The molecule has 0 aliphatic carbocycles. The number of carbonyl (C=O) groups is 1. The van der Waals surface area contributed by atoms with E-state index in [-0.39, 0.29) is 5.84 Å². The number of carboxylic acids is 1. The van der Waals surface area contributed by atoms with E-state index in [1.165, 1.54) is 25.1 Å². The molecule has 3 rings (SSSR count). The van der Waals surface area contributed by atoms with Crippen LogP contribution in [0.5, 0.6) is 0 Å². The number of aliphatic imine (C=N–C) groups is 2. The average molecular weight is 321 g/mol. The summed E-state index contributed by atoms with van der Waals surface area (Å²) in [6.45, 7) is 5.33. The first kappa shape index (κ1) is 15.6. The Hall–Kier alpha value is -2.26. The van der Waals surface area contributed by atoms with Crippen molar-refractivity contribution in [3.63, 3.8) is 0 Å². The Morgan fingerprint density at radius 1 is 1.43 bits per heavy atom. The van der Waals surface area contributed by atoms with Crippen LogP contribution in [0.15, 0.2) is 16.3 Å². The number of aliphatic hydroxyl groups is 2. The predicted octanol–water partition coefficient (Wildman–Crippen LogP) is -0.0586. The lowest BCUT2D eigenvalue weighted by atomic mass is 9.85. The van der Waals surface area contributed by atoms with Crippen LogP contribution >= 0.6 is 0 Å². The van der Waals surface area contributed by atoms with Gasteiger partial charge in [-0.05, 0) is 20.3 Å². The second-order valence-corrected chi connectivity index (χ2v) is 6.11. The zero-order valence-corrected chi connectivity index (χ0v) is 13.1. The van der Waals surface area contributed by atoms with Crippen molar-refractivity contribution in [3.05, 3.63) is 12.0 Å². The largest absolute Gasteiger partial charge is 0.479 e. The van der Waals surface area contributed by atoms with Crippen molar-refractivity contribution in [2.24, 2.45) is 9.98 Å². The molecule has 0 saturated heterocycles. The van der Waals surface area contributed by atoms with Crippen LogP contribution in [-0.4, -0.2) is 65.3 Å². The molecule has 0 bridgehead atoms. The first-order chi connectivity index (χ1) is 10.7. The molecule has 2 aliphatic rings. The number of aryl methyl sites for hydroxylation is 1. The van der Waals surface area contributed by atoms with Gasteiger partial charge >= 0.3 is 5.97 Å². The van der Waals surface area contributed by atoms with Gasteiger partial charge in [-0.15, -0.1) is 0 Å². The van der Waals surface area contributed by atoms with Gasteiger partial charge in [0.25, 0.3) is 0 Å². The molecule has 124 valence electrons. The minimum atomic E-state index is -1.88. The molecule has 0 radical (unpaired) electrons. The number of nitrogens with zero attached hydrogens (tertiary/aromatic N) is 5. The highest BCUT2D eigenvalue weighted by molar-refractivity contribution is 6.11. The Kier molecular flexibility index (Phi) is 3.31. The number of rotatable bonds is 3. The molecule has 3 atom stereocenters. The second kappa shape index (κ2) is 4.87. The summed E-state index contributed by atoms with van der Waals surface area (Å²) in [5.74, 6) is -0.582. The highest BCUT2D eigenvalue weighted by Gasteiger charge is 2.58. The van der Waals surface area contributed by atoms with Gasteiger partial charge in [0, 0.05) is 6.54 Å². The first-order valence-corrected chi connectivity index (χ1v) is 7.36. The van der Waals surface area contributed by atoms with E-state index in [0.29, 0.717) is 18.1 Å². The Labute approximate surface area is 132 Å². The average Bonchev–Trinajstić information content (AvgIpc) is 2.89. The van der Waals surface area contributed by atoms with E-state index in [4.69, 9.17) is 0 Å². The van der Waals surface area contributed by atoms with Crippen molar-refractivity contribution in [3.8, 4) is 0 Å². The maximum atomic E-state index is 11.6. The molecule has 23 heavy (non-hydrogen) atoms. The topological polar surface area (TPSA) is 124 Å². The molecule has 3 heterocycles. The van der Waals surface area contributed by atoms with Crippen LogP contribution in [0.25, 0.3) is 0 Å². The monoisotopic (exact) mass is 321 g/mol. The minimum Gasteiger partial charge on any atom is -0.479 e. The van der Waals surface area contributed by atoms with E-state index in [1.807, 2.05) is 11.5 Å². The molecule has 0 amide bonds. The van der Waals surface area contributed by atoms with Gasteiger partial charge in [-0.25, -0.2) is 19.8 Å². The lowest BCUT2D eigenvalue weighted by molar-refractivity contribution is -0.173. The maximum Gasteiger partial charge on any atom is 0.334 e. The highest BCUT2D eigenvalue weighted by Crippen LogP contribution is 2.37. The lowest BCUT2D eigenvalue weighted by Crippen LogP contribution is -2.69.